The van der Waals surface area contributed by atoms with Crippen LogP contribution in [0.15, 0.2) is 24.3 Å². The van der Waals surface area contributed by atoms with E-state index in [2.05, 4.69) is 5.32 Å². The molecule has 1 aromatic rings. The average Bonchev–Trinajstić information content (AvgIpc) is 2.27. The van der Waals surface area contributed by atoms with Crippen molar-refractivity contribution in [3.05, 3.63) is 34.9 Å². The molecule has 1 aromatic carbocycles. The Hall–Kier alpha value is -2.08. The number of halogens is 1. The molecule has 0 saturated carbocycles. The summed E-state index contributed by atoms with van der Waals surface area (Å²) in [6.07, 6.45) is -0.578. The highest BCUT2D eigenvalue weighted by atomic mass is 35.5. The molecule has 0 saturated heterocycles. The molecule has 0 aliphatic rings. The molecule has 18 heavy (non-hydrogen) atoms. The van der Waals surface area contributed by atoms with Gasteiger partial charge in [-0.1, -0.05) is 23.7 Å². The number of carbonyl (C=O) groups is 3. The summed E-state index contributed by atoms with van der Waals surface area (Å²) >= 11 is 5.79. The minimum absolute atomic E-state index is 0.149. The van der Waals surface area contributed by atoms with Gasteiger partial charge in [0.2, 0.25) is 5.91 Å². The average molecular weight is 271 g/mol. The number of amides is 2. The Bertz CT molecular complexity index is 490. The van der Waals surface area contributed by atoms with Crippen LogP contribution in [0.1, 0.15) is 16.8 Å². The van der Waals surface area contributed by atoms with Crippen LogP contribution in [0.25, 0.3) is 0 Å². The topological polar surface area (TPSA) is 109 Å². The maximum atomic E-state index is 11.8. The Labute approximate surface area is 108 Å². The van der Waals surface area contributed by atoms with Crippen LogP contribution >= 0.6 is 11.6 Å². The number of hydrogen-bond acceptors (Lipinski definition) is 3. The number of nitrogens with two attached hydrogens (primary N) is 1. The summed E-state index contributed by atoms with van der Waals surface area (Å²) in [5.41, 5.74) is 5.15. The number of rotatable bonds is 5. The normalized spacial score (nSPS) is 11.6. The van der Waals surface area contributed by atoms with Crippen molar-refractivity contribution in [1.82, 2.24) is 5.32 Å². The molecule has 0 fully saturated rings. The van der Waals surface area contributed by atoms with E-state index in [1.165, 1.54) is 12.1 Å². The van der Waals surface area contributed by atoms with Crippen molar-refractivity contribution in [2.45, 2.75) is 12.5 Å². The first-order valence-corrected chi connectivity index (χ1v) is 5.36. The van der Waals surface area contributed by atoms with Crippen LogP contribution in [0.3, 0.4) is 0 Å². The highest BCUT2D eigenvalue weighted by Gasteiger charge is 2.22. The summed E-state index contributed by atoms with van der Waals surface area (Å²) in [6.45, 7) is 0. The van der Waals surface area contributed by atoms with Gasteiger partial charge in [0, 0.05) is 0 Å². The molecular weight excluding hydrogens is 260 g/mol. The van der Waals surface area contributed by atoms with Gasteiger partial charge < -0.3 is 16.2 Å². The van der Waals surface area contributed by atoms with E-state index < -0.39 is 30.2 Å². The number of carboxylic acids is 1. The van der Waals surface area contributed by atoms with Crippen molar-refractivity contribution < 1.29 is 19.5 Å². The molecular formula is C11H11ClN2O4. The molecule has 0 aliphatic carbocycles. The first-order valence-electron chi connectivity index (χ1n) is 4.98. The highest BCUT2D eigenvalue weighted by Crippen LogP contribution is 2.14. The predicted octanol–water partition coefficient (Wildman–Crippen LogP) is 0.398. The van der Waals surface area contributed by atoms with E-state index in [0.717, 1.165) is 0 Å². The lowest BCUT2D eigenvalue weighted by atomic mass is 10.1. The largest absolute Gasteiger partial charge is 0.481 e. The van der Waals surface area contributed by atoms with E-state index >= 15 is 0 Å². The van der Waals surface area contributed by atoms with Gasteiger partial charge in [-0.15, -0.1) is 0 Å². The SMILES string of the molecule is NC(=O)[C@@H](CC(=O)O)NC(=O)c1ccccc1Cl. The Morgan fingerprint density at radius 3 is 2.44 bits per heavy atom. The lowest BCUT2D eigenvalue weighted by Gasteiger charge is -2.13. The Morgan fingerprint density at radius 1 is 1.33 bits per heavy atom. The van der Waals surface area contributed by atoms with Crippen LogP contribution in [0.5, 0.6) is 0 Å². The van der Waals surface area contributed by atoms with Crippen LogP contribution < -0.4 is 11.1 Å². The molecule has 96 valence electrons. The van der Waals surface area contributed by atoms with Crippen LogP contribution in [0.4, 0.5) is 0 Å². The van der Waals surface area contributed by atoms with Crippen LogP contribution in [0, 0.1) is 0 Å². The predicted molar refractivity (Wildman–Crippen MR) is 64.2 cm³/mol. The fourth-order valence-electron chi connectivity index (χ4n) is 1.28. The molecule has 2 amide bonds. The third-order valence-corrected chi connectivity index (χ3v) is 2.48. The number of benzene rings is 1. The third-order valence-electron chi connectivity index (χ3n) is 2.15. The maximum absolute atomic E-state index is 11.8. The van der Waals surface area contributed by atoms with Crippen molar-refractivity contribution >= 4 is 29.4 Å². The molecule has 0 heterocycles. The molecule has 0 unspecified atom stereocenters. The van der Waals surface area contributed by atoms with Gasteiger partial charge in [-0.05, 0) is 12.1 Å². The molecule has 0 spiro atoms. The smallest absolute Gasteiger partial charge is 0.305 e. The summed E-state index contributed by atoms with van der Waals surface area (Å²) < 4.78 is 0. The number of primary amides is 1. The first kappa shape index (κ1) is 14.0. The zero-order chi connectivity index (χ0) is 13.7. The molecule has 0 radical (unpaired) electrons. The minimum atomic E-state index is -1.27. The summed E-state index contributed by atoms with van der Waals surface area (Å²) in [5, 5.41) is 11.0. The molecule has 6 nitrogen and oxygen atoms in total. The fraction of sp³-hybridized carbons (Fsp3) is 0.182. The number of carboxylic acid groups (broad SMARTS) is 1. The number of hydrogen-bond donors (Lipinski definition) is 3. The van der Waals surface area contributed by atoms with Gasteiger partial charge in [-0.3, -0.25) is 14.4 Å². The Morgan fingerprint density at radius 2 is 1.94 bits per heavy atom. The highest BCUT2D eigenvalue weighted by molar-refractivity contribution is 6.33. The standard InChI is InChI=1S/C11H11ClN2O4/c12-7-4-2-1-3-6(7)11(18)14-8(10(13)17)5-9(15)16/h1-4,8H,5H2,(H2,13,17)(H,14,18)(H,15,16)/t8-/m1/s1. The minimum Gasteiger partial charge on any atom is -0.481 e. The van der Waals surface area contributed by atoms with Crippen molar-refractivity contribution in [2.24, 2.45) is 5.73 Å². The van der Waals surface area contributed by atoms with Crippen LogP contribution in [-0.2, 0) is 9.59 Å². The van der Waals surface area contributed by atoms with Crippen molar-refractivity contribution in [2.75, 3.05) is 0 Å². The van der Waals surface area contributed by atoms with Gasteiger partial charge in [0.1, 0.15) is 6.04 Å². The number of nitrogens with one attached hydrogen (secondary N) is 1. The quantitative estimate of drug-likeness (QED) is 0.719. The van der Waals surface area contributed by atoms with E-state index in [0.29, 0.717) is 0 Å². The van der Waals surface area contributed by atoms with Gasteiger partial charge in [0.05, 0.1) is 17.0 Å². The number of carbonyl (C=O) groups excluding carboxylic acids is 2. The van der Waals surface area contributed by atoms with Gasteiger partial charge in [0.25, 0.3) is 5.91 Å². The molecule has 4 N–H and O–H groups in total. The molecule has 7 heteroatoms. The van der Waals surface area contributed by atoms with E-state index in [9.17, 15) is 14.4 Å². The Kier molecular flexibility index (Phi) is 4.67. The zero-order valence-corrected chi connectivity index (χ0v) is 9.98. The van der Waals surface area contributed by atoms with Crippen LogP contribution in [0.2, 0.25) is 5.02 Å². The van der Waals surface area contributed by atoms with E-state index in [4.69, 9.17) is 22.4 Å². The van der Waals surface area contributed by atoms with E-state index in [-0.39, 0.29) is 10.6 Å². The monoisotopic (exact) mass is 270 g/mol. The lowest BCUT2D eigenvalue weighted by Crippen LogP contribution is -2.45. The van der Waals surface area contributed by atoms with Gasteiger partial charge in [0.15, 0.2) is 0 Å². The number of aliphatic carboxylic acids is 1. The molecule has 0 aliphatic heterocycles. The molecule has 0 bridgehead atoms. The summed E-state index contributed by atoms with van der Waals surface area (Å²) in [4.78, 5) is 33.3. The first-order chi connectivity index (χ1) is 8.41. The van der Waals surface area contributed by atoms with Crippen LogP contribution in [-0.4, -0.2) is 28.9 Å². The van der Waals surface area contributed by atoms with E-state index in [1.807, 2.05) is 0 Å². The molecule has 1 atom stereocenters. The zero-order valence-electron chi connectivity index (χ0n) is 9.22. The molecule has 1 rings (SSSR count). The maximum Gasteiger partial charge on any atom is 0.305 e. The van der Waals surface area contributed by atoms with E-state index in [1.54, 1.807) is 12.1 Å². The van der Waals surface area contributed by atoms with Gasteiger partial charge in [-0.25, -0.2) is 0 Å². The van der Waals surface area contributed by atoms with Gasteiger partial charge >= 0.3 is 5.97 Å². The second kappa shape index (κ2) is 6.02. The van der Waals surface area contributed by atoms with Crippen molar-refractivity contribution in [1.29, 1.82) is 0 Å². The second-order valence-corrected chi connectivity index (χ2v) is 3.91. The Balaban J connectivity index is 2.82. The molecule has 0 aromatic heterocycles. The lowest BCUT2D eigenvalue weighted by molar-refractivity contribution is -0.139. The third kappa shape index (κ3) is 3.74. The van der Waals surface area contributed by atoms with Gasteiger partial charge in [-0.2, -0.15) is 0 Å². The van der Waals surface area contributed by atoms with Crippen molar-refractivity contribution in [3.63, 3.8) is 0 Å². The summed E-state index contributed by atoms with van der Waals surface area (Å²) in [7, 11) is 0. The fourth-order valence-corrected chi connectivity index (χ4v) is 1.50. The summed E-state index contributed by atoms with van der Waals surface area (Å²) in [5.74, 6) is -2.80. The van der Waals surface area contributed by atoms with Crippen molar-refractivity contribution in [3.8, 4) is 0 Å². The summed E-state index contributed by atoms with van der Waals surface area (Å²) in [6, 6.07) is 4.93. The second-order valence-electron chi connectivity index (χ2n) is 3.51.